The summed E-state index contributed by atoms with van der Waals surface area (Å²) in [5.41, 5.74) is 0. The number of hydrogen-bond acceptors (Lipinski definition) is 3. The van der Waals surface area contributed by atoms with Crippen LogP contribution < -0.4 is 5.32 Å². The minimum absolute atomic E-state index is 0.118. The Morgan fingerprint density at radius 3 is 2.56 bits per heavy atom. The zero-order chi connectivity index (χ0) is 11.5. The van der Waals surface area contributed by atoms with Gasteiger partial charge in [-0.2, -0.15) is 0 Å². The fraction of sp³-hybridized carbons (Fsp3) is 0.917. The predicted molar refractivity (Wildman–Crippen MR) is 62.0 cm³/mol. The molecule has 1 heterocycles. The normalized spacial score (nSPS) is 30.9. The maximum Gasteiger partial charge on any atom is 0.225 e. The van der Waals surface area contributed by atoms with Crippen LogP contribution in [-0.4, -0.2) is 48.7 Å². The molecule has 0 aromatic carbocycles. The van der Waals surface area contributed by atoms with Crippen molar-refractivity contribution in [1.29, 1.82) is 0 Å². The number of piperidine rings is 1. The third kappa shape index (κ3) is 2.74. The molecule has 1 saturated carbocycles. The van der Waals surface area contributed by atoms with E-state index in [0.717, 1.165) is 45.3 Å². The summed E-state index contributed by atoms with van der Waals surface area (Å²) >= 11 is 0. The Labute approximate surface area is 97.0 Å². The molecule has 0 spiro atoms. The summed E-state index contributed by atoms with van der Waals surface area (Å²) in [4.78, 5) is 14.0. The Morgan fingerprint density at radius 2 is 2.00 bits per heavy atom. The van der Waals surface area contributed by atoms with Crippen molar-refractivity contribution in [3.63, 3.8) is 0 Å². The van der Waals surface area contributed by atoms with Crippen molar-refractivity contribution >= 4 is 5.91 Å². The molecule has 4 heteroatoms. The topological polar surface area (TPSA) is 52.6 Å². The van der Waals surface area contributed by atoms with E-state index in [0.29, 0.717) is 11.8 Å². The van der Waals surface area contributed by atoms with Gasteiger partial charge in [0.2, 0.25) is 5.91 Å². The molecule has 0 aromatic heterocycles. The number of aliphatic hydroxyl groups excluding tert-OH is 1. The SMILES string of the molecule is CN(CC1CC(O)C1)C(=O)C1CCNCC1. The lowest BCUT2D eigenvalue weighted by molar-refractivity contribution is -0.136. The Hall–Kier alpha value is -0.610. The van der Waals surface area contributed by atoms with Gasteiger partial charge in [0.05, 0.1) is 6.10 Å². The summed E-state index contributed by atoms with van der Waals surface area (Å²) < 4.78 is 0. The molecular formula is C12H22N2O2. The smallest absolute Gasteiger partial charge is 0.225 e. The summed E-state index contributed by atoms with van der Waals surface area (Å²) in [5.74, 6) is 1.03. The molecule has 0 aromatic rings. The highest BCUT2D eigenvalue weighted by Gasteiger charge is 2.31. The van der Waals surface area contributed by atoms with Gasteiger partial charge in [-0.3, -0.25) is 4.79 Å². The zero-order valence-electron chi connectivity index (χ0n) is 9.98. The lowest BCUT2D eigenvalue weighted by Crippen LogP contribution is -2.43. The Bertz CT molecular complexity index is 245. The maximum absolute atomic E-state index is 12.1. The third-order valence-corrected chi connectivity index (χ3v) is 3.81. The summed E-state index contributed by atoms with van der Waals surface area (Å²) in [7, 11) is 1.90. The molecule has 0 unspecified atom stereocenters. The number of carbonyl (C=O) groups is 1. The van der Waals surface area contributed by atoms with Crippen LogP contribution in [0, 0.1) is 11.8 Å². The molecule has 1 aliphatic heterocycles. The van der Waals surface area contributed by atoms with Gasteiger partial charge in [-0.25, -0.2) is 0 Å². The lowest BCUT2D eigenvalue weighted by atomic mass is 9.82. The summed E-state index contributed by atoms with van der Waals surface area (Å²) in [6, 6.07) is 0. The fourth-order valence-electron chi connectivity index (χ4n) is 2.71. The van der Waals surface area contributed by atoms with Crippen LogP contribution >= 0.6 is 0 Å². The average molecular weight is 226 g/mol. The standard InChI is InChI=1S/C12H22N2O2/c1-14(8-9-6-11(15)7-9)12(16)10-2-4-13-5-3-10/h9-11,13,15H,2-8H2,1H3. The number of nitrogens with one attached hydrogen (secondary N) is 1. The minimum atomic E-state index is -0.118. The van der Waals surface area contributed by atoms with Gasteiger partial charge >= 0.3 is 0 Å². The summed E-state index contributed by atoms with van der Waals surface area (Å²) in [6.07, 6.45) is 3.55. The van der Waals surface area contributed by atoms with Gasteiger partial charge < -0.3 is 15.3 Å². The summed E-state index contributed by atoms with van der Waals surface area (Å²) in [6.45, 7) is 2.75. The van der Waals surface area contributed by atoms with Gasteiger partial charge in [0, 0.05) is 19.5 Å². The van der Waals surface area contributed by atoms with Crippen molar-refractivity contribution in [2.24, 2.45) is 11.8 Å². The monoisotopic (exact) mass is 226 g/mol. The second-order valence-electron chi connectivity index (χ2n) is 5.23. The average Bonchev–Trinajstić information content (AvgIpc) is 2.27. The first-order valence-electron chi connectivity index (χ1n) is 6.30. The molecule has 1 amide bonds. The van der Waals surface area contributed by atoms with Gasteiger partial charge in [-0.15, -0.1) is 0 Å². The van der Waals surface area contributed by atoms with Crippen LogP contribution in [0.4, 0.5) is 0 Å². The first kappa shape index (κ1) is 11.9. The molecule has 92 valence electrons. The molecule has 0 radical (unpaired) electrons. The van der Waals surface area contributed by atoms with Crippen LogP contribution in [-0.2, 0) is 4.79 Å². The Morgan fingerprint density at radius 1 is 1.38 bits per heavy atom. The van der Waals surface area contributed by atoms with Gasteiger partial charge in [-0.1, -0.05) is 0 Å². The first-order chi connectivity index (χ1) is 7.66. The molecule has 2 N–H and O–H groups in total. The highest BCUT2D eigenvalue weighted by molar-refractivity contribution is 5.78. The molecular weight excluding hydrogens is 204 g/mol. The number of aliphatic hydroxyl groups is 1. The van der Waals surface area contributed by atoms with E-state index in [1.807, 2.05) is 11.9 Å². The van der Waals surface area contributed by atoms with Crippen molar-refractivity contribution in [2.45, 2.75) is 31.8 Å². The van der Waals surface area contributed by atoms with Crippen LogP contribution in [0.1, 0.15) is 25.7 Å². The number of nitrogens with zero attached hydrogens (tertiary/aromatic N) is 1. The quantitative estimate of drug-likeness (QED) is 0.723. The van der Waals surface area contributed by atoms with Crippen LogP contribution in [0.3, 0.4) is 0 Å². The van der Waals surface area contributed by atoms with E-state index in [4.69, 9.17) is 0 Å². The molecule has 4 nitrogen and oxygen atoms in total. The van der Waals surface area contributed by atoms with Gasteiger partial charge in [-0.05, 0) is 44.7 Å². The van der Waals surface area contributed by atoms with E-state index in [1.165, 1.54) is 0 Å². The largest absolute Gasteiger partial charge is 0.393 e. The maximum atomic E-state index is 12.1. The Balaban J connectivity index is 1.74. The second kappa shape index (κ2) is 5.15. The first-order valence-corrected chi connectivity index (χ1v) is 6.30. The lowest BCUT2D eigenvalue weighted by Gasteiger charge is -2.36. The molecule has 0 bridgehead atoms. The van der Waals surface area contributed by atoms with Crippen LogP contribution in [0.5, 0.6) is 0 Å². The van der Waals surface area contributed by atoms with Crippen molar-refractivity contribution in [3.8, 4) is 0 Å². The van der Waals surface area contributed by atoms with E-state index < -0.39 is 0 Å². The molecule has 1 aliphatic carbocycles. The molecule has 16 heavy (non-hydrogen) atoms. The molecule has 0 atom stereocenters. The van der Waals surface area contributed by atoms with E-state index in [-0.39, 0.29) is 12.0 Å². The molecule has 1 saturated heterocycles. The van der Waals surface area contributed by atoms with Crippen molar-refractivity contribution in [3.05, 3.63) is 0 Å². The minimum Gasteiger partial charge on any atom is -0.393 e. The van der Waals surface area contributed by atoms with Gasteiger partial charge in [0.1, 0.15) is 0 Å². The van der Waals surface area contributed by atoms with Crippen molar-refractivity contribution in [2.75, 3.05) is 26.7 Å². The van der Waals surface area contributed by atoms with Crippen LogP contribution in [0.2, 0.25) is 0 Å². The third-order valence-electron chi connectivity index (χ3n) is 3.81. The van der Waals surface area contributed by atoms with E-state index in [2.05, 4.69) is 5.32 Å². The number of hydrogen-bond donors (Lipinski definition) is 2. The molecule has 2 fully saturated rings. The van der Waals surface area contributed by atoms with Gasteiger partial charge in [0.15, 0.2) is 0 Å². The Kier molecular flexibility index (Phi) is 3.82. The van der Waals surface area contributed by atoms with E-state index in [1.54, 1.807) is 0 Å². The van der Waals surface area contributed by atoms with E-state index in [9.17, 15) is 9.90 Å². The molecule has 2 aliphatic rings. The number of amides is 1. The van der Waals surface area contributed by atoms with Gasteiger partial charge in [0.25, 0.3) is 0 Å². The number of rotatable bonds is 3. The van der Waals surface area contributed by atoms with E-state index >= 15 is 0 Å². The van der Waals surface area contributed by atoms with Crippen molar-refractivity contribution in [1.82, 2.24) is 10.2 Å². The zero-order valence-corrected chi connectivity index (χ0v) is 9.98. The van der Waals surface area contributed by atoms with Crippen LogP contribution in [0.15, 0.2) is 0 Å². The second-order valence-corrected chi connectivity index (χ2v) is 5.23. The van der Waals surface area contributed by atoms with Crippen LogP contribution in [0.25, 0.3) is 0 Å². The fourth-order valence-corrected chi connectivity index (χ4v) is 2.71. The highest BCUT2D eigenvalue weighted by Crippen LogP contribution is 2.28. The molecule has 2 rings (SSSR count). The number of carbonyl (C=O) groups excluding carboxylic acids is 1. The van der Waals surface area contributed by atoms with Crippen molar-refractivity contribution < 1.29 is 9.90 Å². The summed E-state index contributed by atoms with van der Waals surface area (Å²) in [5, 5.41) is 12.5. The predicted octanol–water partition coefficient (Wildman–Crippen LogP) is 0.215. The highest BCUT2D eigenvalue weighted by atomic mass is 16.3.